The van der Waals surface area contributed by atoms with E-state index in [1.54, 1.807) is 29.2 Å². The minimum absolute atomic E-state index is 0.100. The maximum Gasteiger partial charge on any atom is 0.258 e. The standard InChI is InChI=1S/C26H31N3O5S/c30-24-10-4-3-8-22(24)25(31)29-13-5-9-23(29)26(32)27-14-16-28(17-15-27)35(33,34)21-12-11-19-6-1-2-7-20(19)18-21/h3-4,8,10-12,18,23,30H,1-2,5-7,9,13-17H2. The van der Waals surface area contributed by atoms with Crippen LogP contribution in [0.25, 0.3) is 0 Å². The fourth-order valence-corrected chi connectivity index (χ4v) is 6.93. The summed E-state index contributed by atoms with van der Waals surface area (Å²) in [5.74, 6) is -0.610. The molecule has 0 spiro atoms. The number of aromatic hydroxyl groups is 1. The largest absolute Gasteiger partial charge is 0.507 e. The fraction of sp³-hybridized carbons (Fsp3) is 0.462. The van der Waals surface area contributed by atoms with Crippen LogP contribution < -0.4 is 0 Å². The second-order valence-corrected chi connectivity index (χ2v) is 11.5. The summed E-state index contributed by atoms with van der Waals surface area (Å²) in [6.07, 6.45) is 5.42. The molecule has 0 bridgehead atoms. The van der Waals surface area contributed by atoms with Crippen LogP contribution in [0.4, 0.5) is 0 Å². The van der Waals surface area contributed by atoms with Gasteiger partial charge in [-0.25, -0.2) is 8.42 Å². The van der Waals surface area contributed by atoms with Crippen molar-refractivity contribution in [2.45, 2.75) is 49.5 Å². The van der Waals surface area contributed by atoms with Gasteiger partial charge in [0.1, 0.15) is 11.8 Å². The highest BCUT2D eigenvalue weighted by atomic mass is 32.2. The number of fused-ring (bicyclic) bond motifs is 1. The number of aryl methyl sites for hydroxylation is 2. The number of para-hydroxylation sites is 1. The molecule has 5 rings (SSSR count). The van der Waals surface area contributed by atoms with Crippen LogP contribution in [0.5, 0.6) is 5.75 Å². The van der Waals surface area contributed by atoms with E-state index in [1.807, 2.05) is 12.1 Å². The van der Waals surface area contributed by atoms with Crippen LogP contribution >= 0.6 is 0 Å². The number of hydrogen-bond donors (Lipinski definition) is 1. The van der Waals surface area contributed by atoms with Gasteiger partial charge >= 0.3 is 0 Å². The summed E-state index contributed by atoms with van der Waals surface area (Å²) in [6.45, 7) is 1.49. The van der Waals surface area contributed by atoms with Crippen LogP contribution in [0.1, 0.15) is 47.2 Å². The van der Waals surface area contributed by atoms with Crippen LogP contribution in [0, 0.1) is 0 Å². The maximum atomic E-state index is 13.3. The second-order valence-electron chi connectivity index (χ2n) is 9.54. The molecule has 2 aromatic rings. The lowest BCUT2D eigenvalue weighted by atomic mass is 9.92. The fourth-order valence-electron chi connectivity index (χ4n) is 5.45. The highest BCUT2D eigenvalue weighted by Crippen LogP contribution is 2.28. The predicted octanol–water partition coefficient (Wildman–Crippen LogP) is 2.41. The summed E-state index contributed by atoms with van der Waals surface area (Å²) in [4.78, 5) is 29.9. The first-order valence-electron chi connectivity index (χ1n) is 12.4. The molecule has 0 saturated carbocycles. The van der Waals surface area contributed by atoms with Crippen LogP contribution in [-0.2, 0) is 27.7 Å². The average Bonchev–Trinajstić information content (AvgIpc) is 3.38. The Labute approximate surface area is 206 Å². The van der Waals surface area contributed by atoms with Crippen molar-refractivity contribution < 1.29 is 23.1 Å². The average molecular weight is 498 g/mol. The smallest absolute Gasteiger partial charge is 0.258 e. The molecule has 8 nitrogen and oxygen atoms in total. The van der Waals surface area contributed by atoms with E-state index in [9.17, 15) is 23.1 Å². The van der Waals surface area contributed by atoms with E-state index in [0.717, 1.165) is 31.2 Å². The van der Waals surface area contributed by atoms with Crippen molar-refractivity contribution in [1.29, 1.82) is 0 Å². The Hall–Kier alpha value is -2.91. The van der Waals surface area contributed by atoms with Gasteiger partial charge in [0, 0.05) is 32.7 Å². The first-order chi connectivity index (χ1) is 16.9. The highest BCUT2D eigenvalue weighted by Gasteiger charge is 2.39. The zero-order valence-electron chi connectivity index (χ0n) is 19.7. The number of hydrogen-bond acceptors (Lipinski definition) is 5. The van der Waals surface area contributed by atoms with Crippen LogP contribution in [0.3, 0.4) is 0 Å². The molecular weight excluding hydrogens is 466 g/mol. The molecule has 0 aromatic heterocycles. The Bertz CT molecular complexity index is 1240. The number of piperazine rings is 1. The molecule has 35 heavy (non-hydrogen) atoms. The summed E-state index contributed by atoms with van der Waals surface area (Å²) in [7, 11) is -3.63. The van der Waals surface area contributed by atoms with Gasteiger partial charge in [0.25, 0.3) is 5.91 Å². The lowest BCUT2D eigenvalue weighted by Gasteiger charge is -2.37. The third kappa shape index (κ3) is 4.54. The molecule has 2 aromatic carbocycles. The van der Waals surface area contributed by atoms with Crippen molar-refractivity contribution in [3.05, 3.63) is 59.2 Å². The van der Waals surface area contributed by atoms with Crippen molar-refractivity contribution >= 4 is 21.8 Å². The number of phenolic OH excluding ortho intramolecular Hbond substituents is 1. The Morgan fingerprint density at radius 2 is 1.57 bits per heavy atom. The Balaban J connectivity index is 1.25. The van der Waals surface area contributed by atoms with Gasteiger partial charge in [0.15, 0.2) is 0 Å². The summed E-state index contributed by atoms with van der Waals surface area (Å²) < 4.78 is 28.0. The molecule has 1 unspecified atom stereocenters. The number of likely N-dealkylation sites (tertiary alicyclic amines) is 1. The molecule has 9 heteroatoms. The molecule has 2 saturated heterocycles. The van der Waals surface area contributed by atoms with Crippen LogP contribution in [0.2, 0.25) is 0 Å². The number of benzene rings is 2. The van der Waals surface area contributed by atoms with Gasteiger partial charge in [0.05, 0.1) is 10.5 Å². The normalized spacial score (nSPS) is 21.1. The predicted molar refractivity (Wildman–Crippen MR) is 131 cm³/mol. The lowest BCUT2D eigenvalue weighted by molar-refractivity contribution is -0.136. The summed E-state index contributed by atoms with van der Waals surface area (Å²) in [6, 6.07) is 11.2. The molecule has 2 amide bonds. The van der Waals surface area contributed by atoms with Gasteiger partial charge in [-0.1, -0.05) is 18.2 Å². The quantitative estimate of drug-likeness (QED) is 0.700. The van der Waals surface area contributed by atoms with E-state index in [0.29, 0.717) is 24.3 Å². The molecule has 1 aliphatic carbocycles. The van der Waals surface area contributed by atoms with E-state index < -0.39 is 16.1 Å². The third-order valence-corrected chi connectivity index (χ3v) is 9.34. The SMILES string of the molecule is O=C(C1CCCN1C(=O)c1ccccc1O)N1CCN(S(=O)(=O)c2ccc3c(c2)CCCC3)CC1. The first kappa shape index (κ1) is 23.8. The van der Waals surface area contributed by atoms with Crippen LogP contribution in [-0.4, -0.2) is 78.2 Å². The van der Waals surface area contributed by atoms with E-state index in [1.165, 1.54) is 20.8 Å². The number of nitrogens with zero attached hydrogens (tertiary/aromatic N) is 3. The highest BCUT2D eigenvalue weighted by molar-refractivity contribution is 7.89. The summed E-state index contributed by atoms with van der Waals surface area (Å²) in [5, 5.41) is 10.1. The minimum Gasteiger partial charge on any atom is -0.507 e. The number of carbonyl (C=O) groups is 2. The summed E-state index contributed by atoms with van der Waals surface area (Å²) in [5.41, 5.74) is 2.56. The van der Waals surface area contributed by atoms with Crippen molar-refractivity contribution in [3.8, 4) is 5.75 Å². The molecule has 2 fully saturated rings. The number of rotatable bonds is 4. The summed E-state index contributed by atoms with van der Waals surface area (Å²) >= 11 is 0. The zero-order valence-corrected chi connectivity index (χ0v) is 20.5. The molecule has 0 radical (unpaired) electrons. The molecular formula is C26H31N3O5S. The number of amides is 2. The van der Waals surface area contributed by atoms with Crippen LogP contribution in [0.15, 0.2) is 47.4 Å². The van der Waals surface area contributed by atoms with Crippen molar-refractivity contribution in [2.24, 2.45) is 0 Å². The number of phenols is 1. The van der Waals surface area contributed by atoms with Gasteiger partial charge in [0.2, 0.25) is 15.9 Å². The Morgan fingerprint density at radius 3 is 2.31 bits per heavy atom. The van der Waals surface area contributed by atoms with E-state index in [4.69, 9.17) is 0 Å². The van der Waals surface area contributed by atoms with Crippen molar-refractivity contribution in [3.63, 3.8) is 0 Å². The molecule has 1 N–H and O–H groups in total. The molecule has 3 aliphatic rings. The lowest BCUT2D eigenvalue weighted by Crippen LogP contribution is -2.55. The molecule has 186 valence electrons. The molecule has 1 atom stereocenters. The Morgan fingerprint density at radius 1 is 0.857 bits per heavy atom. The number of carbonyl (C=O) groups excluding carboxylic acids is 2. The Kier molecular flexibility index (Phi) is 6.55. The maximum absolute atomic E-state index is 13.3. The van der Waals surface area contributed by atoms with Gasteiger partial charge < -0.3 is 14.9 Å². The van der Waals surface area contributed by atoms with Gasteiger partial charge in [-0.2, -0.15) is 4.31 Å². The first-order valence-corrected chi connectivity index (χ1v) is 13.8. The molecule has 2 heterocycles. The topological polar surface area (TPSA) is 98.2 Å². The van der Waals surface area contributed by atoms with E-state index in [-0.39, 0.29) is 49.3 Å². The van der Waals surface area contributed by atoms with E-state index in [2.05, 4.69) is 0 Å². The monoisotopic (exact) mass is 497 g/mol. The second kappa shape index (κ2) is 9.62. The third-order valence-electron chi connectivity index (χ3n) is 7.44. The zero-order chi connectivity index (χ0) is 24.6. The minimum atomic E-state index is -3.63. The number of sulfonamides is 1. The van der Waals surface area contributed by atoms with Gasteiger partial charge in [-0.05, 0) is 73.9 Å². The van der Waals surface area contributed by atoms with Gasteiger partial charge in [-0.3, -0.25) is 9.59 Å². The van der Waals surface area contributed by atoms with Crippen molar-refractivity contribution in [1.82, 2.24) is 14.1 Å². The van der Waals surface area contributed by atoms with E-state index >= 15 is 0 Å². The molecule has 2 aliphatic heterocycles. The van der Waals surface area contributed by atoms with Crippen molar-refractivity contribution in [2.75, 3.05) is 32.7 Å². The van der Waals surface area contributed by atoms with Gasteiger partial charge in [-0.15, -0.1) is 0 Å².